The monoisotopic (exact) mass is 363 g/mol. The third-order valence-electron chi connectivity index (χ3n) is 3.84. The molecule has 1 fully saturated rings. The van der Waals surface area contributed by atoms with Crippen molar-refractivity contribution >= 4 is 35.6 Å². The van der Waals surface area contributed by atoms with Gasteiger partial charge in [-0.1, -0.05) is 18.2 Å². The van der Waals surface area contributed by atoms with E-state index in [1.165, 1.54) is 4.68 Å². The van der Waals surface area contributed by atoms with E-state index in [1.807, 2.05) is 24.3 Å². The van der Waals surface area contributed by atoms with Gasteiger partial charge in [-0.15, -0.1) is 12.4 Å². The number of nitrogens with zero attached hydrogens (tertiary/aromatic N) is 2. The SMILES string of the molecule is Cl.Nc1ccccc1CCC(=O)Nc1cnn(CC(=O)NC2CC2)c1. The molecule has 0 aliphatic heterocycles. The molecule has 0 spiro atoms. The Balaban J connectivity index is 0.00000225. The fourth-order valence-corrected chi connectivity index (χ4v) is 2.40. The van der Waals surface area contributed by atoms with E-state index in [4.69, 9.17) is 5.73 Å². The van der Waals surface area contributed by atoms with Gasteiger partial charge in [0.15, 0.2) is 0 Å². The summed E-state index contributed by atoms with van der Waals surface area (Å²) in [6.07, 6.45) is 6.22. The van der Waals surface area contributed by atoms with Crippen LogP contribution >= 0.6 is 12.4 Å². The van der Waals surface area contributed by atoms with Crippen LogP contribution in [-0.4, -0.2) is 27.6 Å². The van der Waals surface area contributed by atoms with E-state index in [0.29, 0.717) is 30.3 Å². The Hall–Kier alpha value is -2.54. The average molecular weight is 364 g/mol. The van der Waals surface area contributed by atoms with Crippen LogP contribution in [0.25, 0.3) is 0 Å². The molecule has 1 heterocycles. The van der Waals surface area contributed by atoms with E-state index in [2.05, 4.69) is 15.7 Å². The molecule has 3 rings (SSSR count). The van der Waals surface area contributed by atoms with Crippen LogP contribution < -0.4 is 16.4 Å². The van der Waals surface area contributed by atoms with Crippen molar-refractivity contribution in [2.45, 2.75) is 38.3 Å². The van der Waals surface area contributed by atoms with Gasteiger partial charge in [-0.05, 0) is 30.9 Å². The molecule has 1 aromatic heterocycles. The first-order valence-electron chi connectivity index (χ1n) is 8.05. The molecule has 2 aromatic rings. The van der Waals surface area contributed by atoms with Gasteiger partial charge < -0.3 is 16.4 Å². The molecule has 0 bridgehead atoms. The van der Waals surface area contributed by atoms with E-state index in [-0.39, 0.29) is 30.8 Å². The summed E-state index contributed by atoms with van der Waals surface area (Å²) < 4.78 is 1.52. The summed E-state index contributed by atoms with van der Waals surface area (Å²) in [4.78, 5) is 23.7. The lowest BCUT2D eigenvalue weighted by molar-refractivity contribution is -0.122. The van der Waals surface area contributed by atoms with Gasteiger partial charge in [-0.2, -0.15) is 5.10 Å². The zero-order valence-electron chi connectivity index (χ0n) is 13.8. The molecule has 1 aliphatic carbocycles. The molecule has 0 radical (unpaired) electrons. The predicted molar refractivity (Wildman–Crippen MR) is 98.4 cm³/mol. The Morgan fingerprint density at radius 2 is 2.00 bits per heavy atom. The molecule has 4 N–H and O–H groups in total. The van der Waals surface area contributed by atoms with E-state index in [1.54, 1.807) is 12.4 Å². The second-order valence-corrected chi connectivity index (χ2v) is 6.02. The van der Waals surface area contributed by atoms with Crippen LogP contribution in [0.5, 0.6) is 0 Å². The Morgan fingerprint density at radius 3 is 2.72 bits per heavy atom. The maximum atomic E-state index is 12.0. The normalized spacial score (nSPS) is 13.0. The van der Waals surface area contributed by atoms with Gasteiger partial charge in [0.1, 0.15) is 6.54 Å². The lowest BCUT2D eigenvalue weighted by Crippen LogP contribution is -2.29. The quantitative estimate of drug-likeness (QED) is 0.652. The molecular formula is C17H22ClN5O2. The van der Waals surface area contributed by atoms with Crippen molar-refractivity contribution in [3.05, 3.63) is 42.2 Å². The smallest absolute Gasteiger partial charge is 0.241 e. The second kappa shape index (κ2) is 8.53. The number of amides is 2. The number of carbonyl (C=O) groups is 2. The summed E-state index contributed by atoms with van der Waals surface area (Å²) in [5, 5.41) is 9.77. The summed E-state index contributed by atoms with van der Waals surface area (Å²) >= 11 is 0. The van der Waals surface area contributed by atoms with Gasteiger partial charge in [0, 0.05) is 24.3 Å². The maximum Gasteiger partial charge on any atom is 0.241 e. The van der Waals surface area contributed by atoms with Crippen molar-refractivity contribution in [3.63, 3.8) is 0 Å². The number of nitrogens with one attached hydrogen (secondary N) is 2. The van der Waals surface area contributed by atoms with Crippen LogP contribution in [0.4, 0.5) is 11.4 Å². The highest BCUT2D eigenvalue weighted by atomic mass is 35.5. The van der Waals surface area contributed by atoms with E-state index in [9.17, 15) is 9.59 Å². The molecule has 25 heavy (non-hydrogen) atoms. The largest absolute Gasteiger partial charge is 0.399 e. The van der Waals surface area contributed by atoms with Crippen molar-refractivity contribution in [3.8, 4) is 0 Å². The summed E-state index contributed by atoms with van der Waals surface area (Å²) in [7, 11) is 0. The average Bonchev–Trinajstić information content (AvgIpc) is 3.25. The van der Waals surface area contributed by atoms with Crippen molar-refractivity contribution in [2.24, 2.45) is 0 Å². The molecule has 0 unspecified atom stereocenters. The number of benzene rings is 1. The number of nitrogen functional groups attached to an aromatic ring is 1. The van der Waals surface area contributed by atoms with Gasteiger partial charge in [0.2, 0.25) is 11.8 Å². The number of para-hydroxylation sites is 1. The molecule has 1 saturated carbocycles. The highest BCUT2D eigenvalue weighted by Crippen LogP contribution is 2.18. The highest BCUT2D eigenvalue weighted by molar-refractivity contribution is 5.90. The van der Waals surface area contributed by atoms with Gasteiger partial charge >= 0.3 is 0 Å². The number of halogens is 1. The van der Waals surface area contributed by atoms with Crippen molar-refractivity contribution in [1.29, 1.82) is 0 Å². The summed E-state index contributed by atoms with van der Waals surface area (Å²) in [5.41, 5.74) is 8.10. The minimum Gasteiger partial charge on any atom is -0.399 e. The molecule has 0 saturated heterocycles. The Kier molecular flexibility index (Phi) is 6.41. The van der Waals surface area contributed by atoms with E-state index >= 15 is 0 Å². The number of anilines is 2. The molecule has 7 nitrogen and oxygen atoms in total. The summed E-state index contributed by atoms with van der Waals surface area (Å²) in [6.45, 7) is 0.160. The first-order valence-corrected chi connectivity index (χ1v) is 8.05. The van der Waals surface area contributed by atoms with E-state index < -0.39 is 0 Å². The molecule has 8 heteroatoms. The Labute approximate surface area is 152 Å². The third kappa shape index (κ3) is 5.79. The van der Waals surface area contributed by atoms with Crippen LogP contribution in [0.15, 0.2) is 36.7 Å². The van der Waals surface area contributed by atoms with Crippen molar-refractivity contribution < 1.29 is 9.59 Å². The van der Waals surface area contributed by atoms with Gasteiger partial charge in [0.25, 0.3) is 0 Å². The lowest BCUT2D eigenvalue weighted by atomic mass is 10.1. The number of hydrogen-bond donors (Lipinski definition) is 3. The topological polar surface area (TPSA) is 102 Å². The van der Waals surface area contributed by atoms with Crippen molar-refractivity contribution in [2.75, 3.05) is 11.1 Å². The van der Waals surface area contributed by atoms with Crippen LogP contribution in [0, 0.1) is 0 Å². The third-order valence-corrected chi connectivity index (χ3v) is 3.84. The highest BCUT2D eigenvalue weighted by Gasteiger charge is 2.23. The first-order chi connectivity index (χ1) is 11.6. The minimum atomic E-state index is -0.111. The predicted octanol–water partition coefficient (Wildman–Crippen LogP) is 1.74. The Bertz CT molecular complexity index is 742. The molecule has 1 aromatic carbocycles. The standard InChI is InChI=1S/C17H21N5O2.ClH/c18-15-4-2-1-3-12(15)5-8-16(23)21-14-9-19-22(10-14)11-17(24)20-13-6-7-13;/h1-4,9-10,13H,5-8,11,18H2,(H,20,24)(H,21,23);1H. The van der Waals surface area contributed by atoms with Crippen molar-refractivity contribution in [1.82, 2.24) is 15.1 Å². The van der Waals surface area contributed by atoms with Gasteiger partial charge in [0.05, 0.1) is 11.9 Å². The van der Waals surface area contributed by atoms with Gasteiger partial charge in [-0.3, -0.25) is 14.3 Å². The fourth-order valence-electron chi connectivity index (χ4n) is 2.40. The fraction of sp³-hybridized carbons (Fsp3) is 0.353. The minimum absolute atomic E-state index is 0. The van der Waals surface area contributed by atoms with Crippen LogP contribution in [-0.2, 0) is 22.6 Å². The zero-order valence-corrected chi connectivity index (χ0v) is 14.6. The molecule has 134 valence electrons. The second-order valence-electron chi connectivity index (χ2n) is 6.02. The summed E-state index contributed by atoms with van der Waals surface area (Å²) in [5.74, 6) is -0.168. The molecular weight excluding hydrogens is 342 g/mol. The van der Waals surface area contributed by atoms with Crippen LogP contribution in [0.2, 0.25) is 0 Å². The lowest BCUT2D eigenvalue weighted by Gasteiger charge is -2.05. The van der Waals surface area contributed by atoms with Crippen LogP contribution in [0.1, 0.15) is 24.8 Å². The zero-order chi connectivity index (χ0) is 16.9. The van der Waals surface area contributed by atoms with Gasteiger partial charge in [-0.25, -0.2) is 0 Å². The molecule has 0 atom stereocenters. The molecule has 1 aliphatic rings. The molecule has 2 amide bonds. The number of rotatable bonds is 7. The number of aryl methyl sites for hydroxylation is 1. The maximum absolute atomic E-state index is 12.0. The summed E-state index contributed by atoms with van der Waals surface area (Å²) in [6, 6.07) is 7.84. The number of nitrogens with two attached hydrogens (primary N) is 1. The number of aromatic nitrogens is 2. The Morgan fingerprint density at radius 1 is 1.24 bits per heavy atom. The van der Waals surface area contributed by atoms with Crippen LogP contribution in [0.3, 0.4) is 0 Å². The number of carbonyl (C=O) groups excluding carboxylic acids is 2. The number of hydrogen-bond acceptors (Lipinski definition) is 4. The van der Waals surface area contributed by atoms with E-state index in [0.717, 1.165) is 18.4 Å². The first kappa shape index (κ1) is 18.8.